The molecule has 136 valence electrons. The third kappa shape index (κ3) is 3.54. The van der Waals surface area contributed by atoms with Gasteiger partial charge in [-0.1, -0.05) is 29.8 Å². The summed E-state index contributed by atoms with van der Waals surface area (Å²) in [7, 11) is -3.75. The summed E-state index contributed by atoms with van der Waals surface area (Å²) in [5.41, 5.74) is 1.84. The van der Waals surface area contributed by atoms with Crippen molar-refractivity contribution >= 4 is 55.0 Å². The van der Waals surface area contributed by atoms with Crippen molar-refractivity contribution in [1.29, 1.82) is 0 Å². The summed E-state index contributed by atoms with van der Waals surface area (Å²) in [5, 5.41) is 4.95. The molecule has 0 fully saturated rings. The highest BCUT2D eigenvalue weighted by atomic mass is 35.5. The molecule has 0 aliphatic carbocycles. The Morgan fingerprint density at radius 1 is 0.926 bits per heavy atom. The maximum Gasteiger partial charge on any atom is 0.239 e. The van der Waals surface area contributed by atoms with Gasteiger partial charge in [-0.3, -0.25) is 4.79 Å². The van der Waals surface area contributed by atoms with Gasteiger partial charge in [0.15, 0.2) is 9.84 Å². The van der Waals surface area contributed by atoms with Crippen molar-refractivity contribution in [2.75, 3.05) is 11.1 Å². The Bertz CT molecular complexity index is 1260. The second kappa shape index (κ2) is 6.72. The zero-order valence-corrected chi connectivity index (χ0v) is 15.5. The van der Waals surface area contributed by atoms with E-state index in [0.717, 1.165) is 16.4 Å². The number of para-hydroxylation sites is 1. The molecule has 1 amide bonds. The number of fused-ring (bicyclic) bond motifs is 3. The zero-order chi connectivity index (χ0) is 19.0. The van der Waals surface area contributed by atoms with Crippen LogP contribution < -0.4 is 5.32 Å². The lowest BCUT2D eigenvalue weighted by Gasteiger charge is -2.07. The van der Waals surface area contributed by atoms with Gasteiger partial charge in [0, 0.05) is 27.5 Å². The van der Waals surface area contributed by atoms with Gasteiger partial charge in [0.25, 0.3) is 0 Å². The predicted molar refractivity (Wildman–Crippen MR) is 106 cm³/mol. The second-order valence-corrected chi connectivity index (χ2v) is 8.50. The smallest absolute Gasteiger partial charge is 0.239 e. The van der Waals surface area contributed by atoms with Gasteiger partial charge in [-0.15, -0.1) is 0 Å². The first-order chi connectivity index (χ1) is 12.9. The van der Waals surface area contributed by atoms with Gasteiger partial charge < -0.3 is 9.73 Å². The highest BCUT2D eigenvalue weighted by Gasteiger charge is 2.19. The number of carbonyl (C=O) groups excluding carboxylic acids is 1. The molecule has 1 aromatic heterocycles. The van der Waals surface area contributed by atoms with E-state index in [9.17, 15) is 13.2 Å². The van der Waals surface area contributed by atoms with Crippen LogP contribution in [-0.4, -0.2) is 20.1 Å². The Morgan fingerprint density at radius 2 is 1.63 bits per heavy atom. The summed E-state index contributed by atoms with van der Waals surface area (Å²) in [6.07, 6.45) is 0. The van der Waals surface area contributed by atoms with Crippen LogP contribution in [0.5, 0.6) is 0 Å². The number of amides is 1. The van der Waals surface area contributed by atoms with E-state index in [1.165, 1.54) is 24.3 Å². The minimum atomic E-state index is -3.75. The molecule has 5 nitrogen and oxygen atoms in total. The summed E-state index contributed by atoms with van der Waals surface area (Å²) in [6.45, 7) is 0. The molecule has 0 saturated carbocycles. The largest absolute Gasteiger partial charge is 0.456 e. The number of nitrogens with one attached hydrogen (secondary N) is 1. The molecule has 0 atom stereocenters. The van der Waals surface area contributed by atoms with Crippen LogP contribution in [0.15, 0.2) is 76.0 Å². The fourth-order valence-electron chi connectivity index (χ4n) is 2.90. The number of carbonyl (C=O) groups is 1. The number of anilines is 1. The third-order valence-electron chi connectivity index (χ3n) is 4.16. The SMILES string of the molecule is O=C(CS(=O)(=O)c1ccc(Cl)cc1)Nc1ccc2c(c1)oc1ccccc12. The van der Waals surface area contributed by atoms with Gasteiger partial charge in [0.05, 0.1) is 4.90 Å². The van der Waals surface area contributed by atoms with Crippen LogP contribution in [0, 0.1) is 0 Å². The van der Waals surface area contributed by atoms with Crippen LogP contribution >= 0.6 is 11.6 Å². The van der Waals surface area contributed by atoms with Crippen molar-refractivity contribution < 1.29 is 17.6 Å². The zero-order valence-electron chi connectivity index (χ0n) is 14.0. The molecular weight excluding hydrogens is 386 g/mol. The van der Waals surface area contributed by atoms with Crippen LogP contribution in [0.4, 0.5) is 5.69 Å². The number of benzene rings is 3. The summed E-state index contributed by atoms with van der Waals surface area (Å²) >= 11 is 5.77. The van der Waals surface area contributed by atoms with E-state index in [1.54, 1.807) is 12.1 Å². The first-order valence-electron chi connectivity index (χ1n) is 8.12. The predicted octanol–water partition coefficient (Wildman–Crippen LogP) is 4.65. The van der Waals surface area contributed by atoms with E-state index < -0.39 is 21.5 Å². The number of sulfone groups is 1. The Kier molecular flexibility index (Phi) is 4.37. The van der Waals surface area contributed by atoms with Crippen molar-refractivity contribution in [1.82, 2.24) is 0 Å². The summed E-state index contributed by atoms with van der Waals surface area (Å²) < 4.78 is 30.5. The van der Waals surface area contributed by atoms with E-state index in [2.05, 4.69) is 5.32 Å². The van der Waals surface area contributed by atoms with Gasteiger partial charge in [-0.05, 0) is 42.5 Å². The van der Waals surface area contributed by atoms with Crippen molar-refractivity contribution in [3.05, 3.63) is 71.8 Å². The molecule has 0 aliphatic heterocycles. The molecule has 0 unspecified atom stereocenters. The molecule has 0 bridgehead atoms. The molecule has 0 saturated heterocycles. The number of rotatable bonds is 4. The fourth-order valence-corrected chi connectivity index (χ4v) is 4.16. The molecule has 0 radical (unpaired) electrons. The monoisotopic (exact) mass is 399 g/mol. The number of halogens is 1. The lowest BCUT2D eigenvalue weighted by Crippen LogP contribution is -2.22. The van der Waals surface area contributed by atoms with Crippen LogP contribution in [0.1, 0.15) is 0 Å². The maximum atomic E-state index is 12.4. The Morgan fingerprint density at radius 3 is 2.41 bits per heavy atom. The van der Waals surface area contributed by atoms with Crippen molar-refractivity contribution in [3.63, 3.8) is 0 Å². The van der Waals surface area contributed by atoms with Crippen LogP contribution in [0.3, 0.4) is 0 Å². The molecule has 4 rings (SSSR count). The Hall–Kier alpha value is -2.83. The highest BCUT2D eigenvalue weighted by molar-refractivity contribution is 7.92. The molecule has 1 heterocycles. The standard InChI is InChI=1S/C20H14ClNO4S/c21-13-5-8-15(9-6-13)27(24,25)12-20(23)22-14-7-10-17-16-3-1-2-4-18(16)26-19(17)11-14/h1-11H,12H2,(H,22,23). The summed E-state index contributed by atoms with van der Waals surface area (Å²) in [4.78, 5) is 12.3. The average Bonchev–Trinajstić information content (AvgIpc) is 2.99. The molecule has 1 N–H and O–H groups in total. The van der Waals surface area contributed by atoms with E-state index in [-0.39, 0.29) is 4.90 Å². The van der Waals surface area contributed by atoms with Crippen LogP contribution in [0.2, 0.25) is 5.02 Å². The molecule has 4 aromatic rings. The molecular formula is C20H14ClNO4S. The summed E-state index contributed by atoms with van der Waals surface area (Å²) in [6, 6.07) is 18.6. The lowest BCUT2D eigenvalue weighted by atomic mass is 10.1. The topological polar surface area (TPSA) is 76.4 Å². The van der Waals surface area contributed by atoms with Crippen LogP contribution in [-0.2, 0) is 14.6 Å². The average molecular weight is 400 g/mol. The highest BCUT2D eigenvalue weighted by Crippen LogP contribution is 2.30. The molecule has 0 spiro atoms. The van der Waals surface area contributed by atoms with Crippen LogP contribution in [0.25, 0.3) is 21.9 Å². The van der Waals surface area contributed by atoms with Gasteiger partial charge in [0.1, 0.15) is 16.9 Å². The normalized spacial score (nSPS) is 11.7. The van der Waals surface area contributed by atoms with Gasteiger partial charge in [0.2, 0.25) is 5.91 Å². The second-order valence-electron chi connectivity index (χ2n) is 6.07. The first-order valence-corrected chi connectivity index (χ1v) is 10.1. The summed E-state index contributed by atoms with van der Waals surface area (Å²) in [5.74, 6) is -1.28. The lowest BCUT2D eigenvalue weighted by molar-refractivity contribution is -0.113. The van der Waals surface area contributed by atoms with E-state index >= 15 is 0 Å². The van der Waals surface area contributed by atoms with E-state index in [1.807, 2.05) is 30.3 Å². The van der Waals surface area contributed by atoms with Crippen molar-refractivity contribution in [2.45, 2.75) is 4.90 Å². The van der Waals surface area contributed by atoms with Gasteiger partial charge in [-0.2, -0.15) is 0 Å². The van der Waals surface area contributed by atoms with Gasteiger partial charge >= 0.3 is 0 Å². The molecule has 3 aromatic carbocycles. The van der Waals surface area contributed by atoms with Gasteiger partial charge in [-0.25, -0.2) is 8.42 Å². The van der Waals surface area contributed by atoms with Crippen molar-refractivity contribution in [3.8, 4) is 0 Å². The van der Waals surface area contributed by atoms with E-state index in [4.69, 9.17) is 16.0 Å². The fraction of sp³-hybridized carbons (Fsp3) is 0.0500. The molecule has 0 aliphatic rings. The maximum absolute atomic E-state index is 12.4. The molecule has 27 heavy (non-hydrogen) atoms. The van der Waals surface area contributed by atoms with E-state index in [0.29, 0.717) is 16.3 Å². The third-order valence-corrected chi connectivity index (χ3v) is 6.04. The number of hydrogen-bond donors (Lipinski definition) is 1. The Balaban J connectivity index is 1.55. The molecule has 7 heteroatoms. The Labute approximate surface area is 160 Å². The van der Waals surface area contributed by atoms with Crippen molar-refractivity contribution in [2.24, 2.45) is 0 Å². The quantitative estimate of drug-likeness (QED) is 0.541. The number of hydrogen-bond acceptors (Lipinski definition) is 4. The number of furan rings is 1. The minimum absolute atomic E-state index is 0.0507. The first kappa shape index (κ1) is 17.6. The minimum Gasteiger partial charge on any atom is -0.456 e.